The van der Waals surface area contributed by atoms with Crippen molar-refractivity contribution in [3.05, 3.63) is 90.1 Å². The number of nitrogens with zero attached hydrogens (tertiary/aromatic N) is 1. The zero-order valence-electron chi connectivity index (χ0n) is 19.5. The molecule has 0 bridgehead atoms. The lowest BCUT2D eigenvalue weighted by molar-refractivity contribution is 0.0696. The maximum absolute atomic E-state index is 12.7. The Bertz CT molecular complexity index is 1330. The minimum Gasteiger partial charge on any atom is -0.491 e. The van der Waals surface area contributed by atoms with Crippen molar-refractivity contribution >= 4 is 22.7 Å². The largest absolute Gasteiger partial charge is 0.491 e. The van der Waals surface area contributed by atoms with E-state index in [0.29, 0.717) is 28.0 Å². The summed E-state index contributed by atoms with van der Waals surface area (Å²) in [4.78, 5) is 24.2. The van der Waals surface area contributed by atoms with Gasteiger partial charge in [0.05, 0.1) is 12.1 Å². The molecule has 4 aromatic rings. The summed E-state index contributed by atoms with van der Waals surface area (Å²) in [6.45, 7) is 3.82. The van der Waals surface area contributed by atoms with E-state index in [4.69, 9.17) is 9.47 Å². The number of carbonyl (C=O) groups excluding carboxylic acids is 1. The van der Waals surface area contributed by atoms with Gasteiger partial charge in [-0.1, -0.05) is 32.0 Å². The highest BCUT2D eigenvalue weighted by molar-refractivity contribution is 6.10. The zero-order chi connectivity index (χ0) is 24.9. The van der Waals surface area contributed by atoms with Gasteiger partial charge in [0, 0.05) is 28.6 Å². The first kappa shape index (κ1) is 24.0. The normalized spacial score (nSPS) is 12.0. The molecule has 180 valence electrons. The standard InChI is InChI=1S/C28H27NO6/c1-18(2)27(31)25-16-29(26-13-8-19(28(32)33)14-24(25)26)15-20(30)17-34-21-9-11-23(12-10-21)35-22-6-4-3-5-7-22/h3-14,16,18,20,30H,15,17H2,1-2H3,(H,32,33). The van der Waals surface area contributed by atoms with E-state index >= 15 is 0 Å². The molecule has 0 saturated carbocycles. The summed E-state index contributed by atoms with van der Waals surface area (Å²) in [5.41, 5.74) is 1.23. The highest BCUT2D eigenvalue weighted by Crippen LogP contribution is 2.27. The number of hydrogen-bond acceptors (Lipinski definition) is 5. The number of aliphatic hydroxyl groups excluding tert-OH is 1. The van der Waals surface area contributed by atoms with Crippen molar-refractivity contribution in [2.24, 2.45) is 5.92 Å². The minimum atomic E-state index is -1.06. The Morgan fingerprint density at radius 3 is 2.23 bits per heavy atom. The first-order chi connectivity index (χ1) is 16.8. The van der Waals surface area contributed by atoms with Crippen LogP contribution in [-0.4, -0.2) is 39.2 Å². The summed E-state index contributed by atoms with van der Waals surface area (Å²) in [6.07, 6.45) is 0.824. The number of carboxylic acids is 1. The van der Waals surface area contributed by atoms with Crippen molar-refractivity contribution in [1.29, 1.82) is 0 Å². The summed E-state index contributed by atoms with van der Waals surface area (Å²) in [7, 11) is 0. The number of Topliss-reactive ketones (excluding diaryl/α,β-unsaturated/α-hetero) is 1. The second-order valence-corrected chi connectivity index (χ2v) is 8.60. The highest BCUT2D eigenvalue weighted by atomic mass is 16.5. The predicted molar refractivity (Wildman–Crippen MR) is 133 cm³/mol. The monoisotopic (exact) mass is 473 g/mol. The second-order valence-electron chi connectivity index (χ2n) is 8.60. The Labute approximate surface area is 203 Å². The van der Waals surface area contributed by atoms with E-state index in [0.717, 1.165) is 5.75 Å². The lowest BCUT2D eigenvalue weighted by atomic mass is 10.00. The van der Waals surface area contributed by atoms with Gasteiger partial charge in [-0.05, 0) is 54.6 Å². The number of hydrogen-bond donors (Lipinski definition) is 2. The second kappa shape index (κ2) is 10.4. The van der Waals surface area contributed by atoms with E-state index in [1.807, 2.05) is 30.3 Å². The molecule has 1 atom stereocenters. The van der Waals surface area contributed by atoms with E-state index in [1.54, 1.807) is 54.9 Å². The van der Waals surface area contributed by atoms with E-state index in [-0.39, 0.29) is 30.4 Å². The van der Waals surface area contributed by atoms with Gasteiger partial charge in [-0.15, -0.1) is 0 Å². The summed E-state index contributed by atoms with van der Waals surface area (Å²) in [6, 6.07) is 21.2. The van der Waals surface area contributed by atoms with Crippen LogP contribution in [0.4, 0.5) is 0 Å². The molecular weight excluding hydrogens is 446 g/mol. The number of aromatic nitrogens is 1. The van der Waals surface area contributed by atoms with Crippen LogP contribution in [0.5, 0.6) is 17.2 Å². The average molecular weight is 474 g/mol. The summed E-state index contributed by atoms with van der Waals surface area (Å²) < 4.78 is 13.3. The van der Waals surface area contributed by atoms with Gasteiger partial charge in [-0.2, -0.15) is 0 Å². The third-order valence-corrected chi connectivity index (χ3v) is 5.57. The molecule has 1 unspecified atom stereocenters. The van der Waals surface area contributed by atoms with Crippen molar-refractivity contribution in [1.82, 2.24) is 4.57 Å². The molecule has 7 nitrogen and oxygen atoms in total. The van der Waals surface area contributed by atoms with Crippen molar-refractivity contribution in [3.8, 4) is 17.2 Å². The SMILES string of the molecule is CC(C)C(=O)c1cn(CC(O)COc2ccc(Oc3ccccc3)cc2)c2ccc(C(=O)O)cc12. The number of benzene rings is 3. The van der Waals surface area contributed by atoms with Crippen molar-refractivity contribution in [2.75, 3.05) is 6.61 Å². The number of fused-ring (bicyclic) bond motifs is 1. The van der Waals surface area contributed by atoms with Crippen LogP contribution >= 0.6 is 0 Å². The number of aromatic carboxylic acids is 1. The number of carboxylic acid groups (broad SMARTS) is 1. The maximum atomic E-state index is 12.7. The van der Waals surface area contributed by atoms with Crippen LogP contribution in [0.3, 0.4) is 0 Å². The van der Waals surface area contributed by atoms with Gasteiger partial charge < -0.3 is 24.3 Å². The van der Waals surface area contributed by atoms with Gasteiger partial charge in [-0.3, -0.25) is 4.79 Å². The van der Waals surface area contributed by atoms with Crippen LogP contribution in [0.15, 0.2) is 79.0 Å². The van der Waals surface area contributed by atoms with Gasteiger partial charge in [-0.25, -0.2) is 4.79 Å². The van der Waals surface area contributed by atoms with Gasteiger partial charge in [0.15, 0.2) is 5.78 Å². The fraction of sp³-hybridized carbons (Fsp3) is 0.214. The van der Waals surface area contributed by atoms with E-state index in [2.05, 4.69) is 0 Å². The number of para-hydroxylation sites is 1. The molecule has 0 amide bonds. The summed E-state index contributed by atoms with van der Waals surface area (Å²) in [5, 5.41) is 20.5. The number of rotatable bonds is 10. The fourth-order valence-electron chi connectivity index (χ4n) is 3.79. The third-order valence-electron chi connectivity index (χ3n) is 5.57. The summed E-state index contributed by atoms with van der Waals surface area (Å²) >= 11 is 0. The quantitative estimate of drug-likeness (QED) is 0.299. The predicted octanol–water partition coefficient (Wildman–Crippen LogP) is 5.41. The van der Waals surface area contributed by atoms with Crippen LogP contribution in [0.1, 0.15) is 34.6 Å². The van der Waals surface area contributed by atoms with Crippen LogP contribution in [0.25, 0.3) is 10.9 Å². The van der Waals surface area contributed by atoms with Crippen molar-refractivity contribution < 1.29 is 29.3 Å². The molecule has 0 spiro atoms. The number of aliphatic hydroxyl groups is 1. The molecule has 0 aliphatic rings. The average Bonchev–Trinajstić information content (AvgIpc) is 3.21. The molecule has 0 radical (unpaired) electrons. The lowest BCUT2D eigenvalue weighted by Gasteiger charge is -2.14. The number of ketones is 1. The van der Waals surface area contributed by atoms with E-state index in [9.17, 15) is 19.8 Å². The van der Waals surface area contributed by atoms with Gasteiger partial charge >= 0.3 is 5.97 Å². The number of carbonyl (C=O) groups is 2. The molecule has 7 heteroatoms. The molecule has 35 heavy (non-hydrogen) atoms. The Kier molecular flexibility index (Phi) is 7.17. The smallest absolute Gasteiger partial charge is 0.335 e. The highest BCUT2D eigenvalue weighted by Gasteiger charge is 2.20. The minimum absolute atomic E-state index is 0.0409. The van der Waals surface area contributed by atoms with Crippen LogP contribution in [-0.2, 0) is 6.54 Å². The van der Waals surface area contributed by atoms with E-state index < -0.39 is 12.1 Å². The Balaban J connectivity index is 1.44. The van der Waals surface area contributed by atoms with Gasteiger partial charge in [0.25, 0.3) is 0 Å². The molecule has 0 aliphatic heterocycles. The molecule has 2 N–H and O–H groups in total. The lowest BCUT2D eigenvalue weighted by Crippen LogP contribution is -2.23. The summed E-state index contributed by atoms with van der Waals surface area (Å²) in [5.74, 6) is 0.608. The molecule has 3 aromatic carbocycles. The Morgan fingerprint density at radius 2 is 1.57 bits per heavy atom. The molecule has 1 heterocycles. The third kappa shape index (κ3) is 5.70. The zero-order valence-corrected chi connectivity index (χ0v) is 19.5. The van der Waals surface area contributed by atoms with Crippen LogP contribution in [0, 0.1) is 5.92 Å². The van der Waals surface area contributed by atoms with Crippen LogP contribution < -0.4 is 9.47 Å². The van der Waals surface area contributed by atoms with Crippen molar-refractivity contribution in [2.45, 2.75) is 26.5 Å². The molecule has 0 aliphatic carbocycles. The van der Waals surface area contributed by atoms with Crippen LogP contribution in [0.2, 0.25) is 0 Å². The molecule has 1 aromatic heterocycles. The van der Waals surface area contributed by atoms with Crippen molar-refractivity contribution in [3.63, 3.8) is 0 Å². The maximum Gasteiger partial charge on any atom is 0.335 e. The molecular formula is C28H27NO6. The first-order valence-corrected chi connectivity index (χ1v) is 11.4. The van der Waals surface area contributed by atoms with Gasteiger partial charge in [0.2, 0.25) is 0 Å². The molecule has 4 rings (SSSR count). The Hall–Kier alpha value is -4.10. The van der Waals surface area contributed by atoms with Gasteiger partial charge in [0.1, 0.15) is 30.0 Å². The first-order valence-electron chi connectivity index (χ1n) is 11.4. The Morgan fingerprint density at radius 1 is 0.914 bits per heavy atom. The molecule has 0 fully saturated rings. The number of ether oxygens (including phenoxy) is 2. The van der Waals surface area contributed by atoms with E-state index in [1.165, 1.54) is 12.1 Å². The molecule has 0 saturated heterocycles. The topological polar surface area (TPSA) is 98.0 Å². The fourth-order valence-corrected chi connectivity index (χ4v) is 3.79.